The summed E-state index contributed by atoms with van der Waals surface area (Å²) in [6.07, 6.45) is 2.80. The average Bonchev–Trinajstić information content (AvgIpc) is 2.95. The van der Waals surface area contributed by atoms with Crippen LogP contribution in [0, 0.1) is 5.92 Å². The zero-order chi connectivity index (χ0) is 9.97. The second-order valence-corrected chi connectivity index (χ2v) is 4.78. The highest BCUT2D eigenvalue weighted by molar-refractivity contribution is 9.10. The predicted octanol–water partition coefficient (Wildman–Crippen LogP) is 2.53. The van der Waals surface area contributed by atoms with Gasteiger partial charge in [-0.25, -0.2) is 0 Å². The summed E-state index contributed by atoms with van der Waals surface area (Å²) in [5, 5.41) is 3.45. The second kappa shape index (κ2) is 4.32. The number of halogens is 1. The number of hydrogen-bond donors (Lipinski definition) is 2. The minimum absolute atomic E-state index is 0.802. The molecule has 3 heteroatoms. The van der Waals surface area contributed by atoms with Crippen LogP contribution in [-0.4, -0.2) is 6.54 Å². The van der Waals surface area contributed by atoms with Crippen LogP contribution in [0.15, 0.2) is 22.7 Å². The van der Waals surface area contributed by atoms with Gasteiger partial charge in [0.05, 0.1) is 0 Å². The van der Waals surface area contributed by atoms with Gasteiger partial charge in [-0.1, -0.05) is 6.07 Å². The molecule has 0 bridgehead atoms. The fourth-order valence-corrected chi connectivity index (χ4v) is 1.85. The normalized spacial score (nSPS) is 15.8. The van der Waals surface area contributed by atoms with Crippen molar-refractivity contribution < 1.29 is 0 Å². The molecule has 0 aromatic heterocycles. The van der Waals surface area contributed by atoms with Gasteiger partial charge >= 0.3 is 0 Å². The molecule has 1 aromatic carbocycles. The van der Waals surface area contributed by atoms with Gasteiger partial charge in [-0.2, -0.15) is 0 Å². The molecule has 14 heavy (non-hydrogen) atoms. The van der Waals surface area contributed by atoms with E-state index in [1.165, 1.54) is 18.4 Å². The highest BCUT2D eigenvalue weighted by Crippen LogP contribution is 2.27. The lowest BCUT2D eigenvalue weighted by Gasteiger charge is -2.05. The fraction of sp³-hybridized carbons (Fsp3) is 0.455. The molecule has 1 saturated carbocycles. The van der Waals surface area contributed by atoms with Crippen LogP contribution in [0.5, 0.6) is 0 Å². The Kier molecular flexibility index (Phi) is 3.08. The molecule has 2 rings (SSSR count). The molecule has 1 aliphatic rings. The van der Waals surface area contributed by atoms with E-state index in [0.29, 0.717) is 0 Å². The lowest BCUT2D eigenvalue weighted by atomic mass is 10.2. The first-order valence-electron chi connectivity index (χ1n) is 5.00. The lowest BCUT2D eigenvalue weighted by molar-refractivity contribution is 0.638. The Morgan fingerprint density at radius 3 is 2.86 bits per heavy atom. The van der Waals surface area contributed by atoms with E-state index in [-0.39, 0.29) is 0 Å². The van der Waals surface area contributed by atoms with Crippen LogP contribution in [0.2, 0.25) is 0 Å². The third-order valence-electron chi connectivity index (χ3n) is 2.52. The summed E-state index contributed by atoms with van der Waals surface area (Å²) >= 11 is 3.43. The van der Waals surface area contributed by atoms with Crippen molar-refractivity contribution in [1.29, 1.82) is 0 Å². The average molecular weight is 255 g/mol. The molecule has 1 aliphatic carbocycles. The van der Waals surface area contributed by atoms with Crippen LogP contribution >= 0.6 is 15.9 Å². The monoisotopic (exact) mass is 254 g/mol. The zero-order valence-corrected chi connectivity index (χ0v) is 9.68. The van der Waals surface area contributed by atoms with Gasteiger partial charge in [0.1, 0.15) is 0 Å². The van der Waals surface area contributed by atoms with E-state index in [0.717, 1.165) is 29.2 Å². The summed E-state index contributed by atoms with van der Waals surface area (Å²) < 4.78 is 0.989. The van der Waals surface area contributed by atoms with Crippen LogP contribution in [0.4, 0.5) is 5.69 Å². The number of benzene rings is 1. The van der Waals surface area contributed by atoms with Crippen molar-refractivity contribution >= 4 is 21.6 Å². The summed E-state index contributed by atoms with van der Waals surface area (Å²) in [4.78, 5) is 0. The van der Waals surface area contributed by atoms with Crippen molar-refractivity contribution in [2.24, 2.45) is 5.92 Å². The van der Waals surface area contributed by atoms with Crippen LogP contribution in [-0.2, 0) is 6.54 Å². The Labute approximate surface area is 93.0 Å². The third-order valence-corrected chi connectivity index (χ3v) is 3.21. The minimum atomic E-state index is 0.802. The van der Waals surface area contributed by atoms with Gasteiger partial charge in [0.15, 0.2) is 0 Å². The second-order valence-electron chi connectivity index (χ2n) is 3.93. The standard InChI is InChI=1S/C11H15BrN2/c12-10-5-9(3-4-11(10)13)7-14-6-8-1-2-8/h3-5,8,14H,1-2,6-7,13H2. The Balaban J connectivity index is 1.85. The quantitative estimate of drug-likeness (QED) is 0.811. The summed E-state index contributed by atoms with van der Waals surface area (Å²) in [5.41, 5.74) is 7.79. The van der Waals surface area contributed by atoms with Crippen LogP contribution in [0.25, 0.3) is 0 Å². The Hall–Kier alpha value is -0.540. The first-order chi connectivity index (χ1) is 6.75. The van der Waals surface area contributed by atoms with Gasteiger partial charge in [-0.05, 0) is 58.9 Å². The lowest BCUT2D eigenvalue weighted by Crippen LogP contribution is -2.16. The smallest absolute Gasteiger partial charge is 0.0458 e. The van der Waals surface area contributed by atoms with E-state index in [4.69, 9.17) is 5.73 Å². The molecule has 0 radical (unpaired) electrons. The first-order valence-corrected chi connectivity index (χ1v) is 5.79. The van der Waals surface area contributed by atoms with E-state index >= 15 is 0 Å². The van der Waals surface area contributed by atoms with Gasteiger partial charge in [0, 0.05) is 16.7 Å². The van der Waals surface area contributed by atoms with Gasteiger partial charge in [0.2, 0.25) is 0 Å². The summed E-state index contributed by atoms with van der Waals surface area (Å²) in [6, 6.07) is 6.09. The van der Waals surface area contributed by atoms with Crippen molar-refractivity contribution in [3.63, 3.8) is 0 Å². The van der Waals surface area contributed by atoms with Crippen molar-refractivity contribution in [2.75, 3.05) is 12.3 Å². The molecule has 0 saturated heterocycles. The van der Waals surface area contributed by atoms with Gasteiger partial charge in [0.25, 0.3) is 0 Å². The number of hydrogen-bond acceptors (Lipinski definition) is 2. The van der Waals surface area contributed by atoms with Crippen molar-refractivity contribution in [3.8, 4) is 0 Å². The Morgan fingerprint density at radius 1 is 1.43 bits per heavy atom. The molecule has 1 aromatic rings. The first kappa shape index (κ1) is 9.99. The van der Waals surface area contributed by atoms with Crippen molar-refractivity contribution in [1.82, 2.24) is 5.32 Å². The highest BCUT2D eigenvalue weighted by atomic mass is 79.9. The maximum atomic E-state index is 5.71. The molecule has 0 atom stereocenters. The minimum Gasteiger partial charge on any atom is -0.398 e. The summed E-state index contributed by atoms with van der Waals surface area (Å²) in [5.74, 6) is 0.937. The maximum absolute atomic E-state index is 5.71. The van der Waals surface area contributed by atoms with Gasteiger partial charge in [-0.15, -0.1) is 0 Å². The van der Waals surface area contributed by atoms with Gasteiger partial charge < -0.3 is 11.1 Å². The number of anilines is 1. The molecule has 0 heterocycles. The van der Waals surface area contributed by atoms with Crippen LogP contribution in [0.1, 0.15) is 18.4 Å². The largest absolute Gasteiger partial charge is 0.398 e. The fourth-order valence-electron chi connectivity index (χ4n) is 1.42. The van der Waals surface area contributed by atoms with E-state index < -0.39 is 0 Å². The number of nitrogens with one attached hydrogen (secondary N) is 1. The SMILES string of the molecule is Nc1ccc(CNCC2CC2)cc1Br. The summed E-state index contributed by atoms with van der Waals surface area (Å²) in [6.45, 7) is 2.09. The number of nitrogen functional groups attached to an aromatic ring is 1. The van der Waals surface area contributed by atoms with E-state index in [2.05, 4.69) is 33.4 Å². The molecular formula is C11H15BrN2. The number of rotatable bonds is 4. The van der Waals surface area contributed by atoms with Gasteiger partial charge in [-0.3, -0.25) is 0 Å². The Morgan fingerprint density at radius 2 is 2.21 bits per heavy atom. The number of nitrogens with two attached hydrogens (primary N) is 1. The molecule has 0 spiro atoms. The molecule has 1 fully saturated rings. The molecule has 0 amide bonds. The van der Waals surface area contributed by atoms with E-state index in [1.54, 1.807) is 0 Å². The Bertz CT molecular complexity index is 321. The molecule has 0 aliphatic heterocycles. The third kappa shape index (κ3) is 2.72. The predicted molar refractivity (Wildman–Crippen MR) is 63.0 cm³/mol. The van der Waals surface area contributed by atoms with E-state index in [9.17, 15) is 0 Å². The summed E-state index contributed by atoms with van der Waals surface area (Å²) in [7, 11) is 0. The zero-order valence-electron chi connectivity index (χ0n) is 8.09. The highest BCUT2D eigenvalue weighted by Gasteiger charge is 2.19. The molecule has 2 nitrogen and oxygen atoms in total. The topological polar surface area (TPSA) is 38.0 Å². The molecule has 3 N–H and O–H groups in total. The molecule has 76 valence electrons. The van der Waals surface area contributed by atoms with Crippen LogP contribution < -0.4 is 11.1 Å². The van der Waals surface area contributed by atoms with Crippen molar-refractivity contribution in [2.45, 2.75) is 19.4 Å². The molecular weight excluding hydrogens is 240 g/mol. The van der Waals surface area contributed by atoms with Crippen LogP contribution in [0.3, 0.4) is 0 Å². The van der Waals surface area contributed by atoms with E-state index in [1.807, 2.05) is 6.07 Å². The maximum Gasteiger partial charge on any atom is 0.0458 e. The molecule has 0 unspecified atom stereocenters. The van der Waals surface area contributed by atoms with Crippen molar-refractivity contribution in [3.05, 3.63) is 28.2 Å².